The van der Waals surface area contributed by atoms with Gasteiger partial charge in [0.1, 0.15) is 11.9 Å². The minimum Gasteiger partial charge on any atom is -0.383 e. The summed E-state index contributed by atoms with van der Waals surface area (Å²) in [4.78, 5) is 11.6. The molecule has 100 valence electrons. The van der Waals surface area contributed by atoms with Crippen molar-refractivity contribution in [3.63, 3.8) is 0 Å². The van der Waals surface area contributed by atoms with Crippen LogP contribution in [0.25, 0.3) is 0 Å². The minimum absolute atomic E-state index is 0.0640. The molecule has 0 radical (unpaired) electrons. The molecule has 1 rings (SSSR count). The van der Waals surface area contributed by atoms with E-state index in [9.17, 15) is 9.18 Å². The zero-order valence-corrected chi connectivity index (χ0v) is 10.7. The van der Waals surface area contributed by atoms with Crippen LogP contribution < -0.4 is 11.1 Å². The molecule has 5 heteroatoms. The van der Waals surface area contributed by atoms with E-state index in [1.165, 1.54) is 19.2 Å². The van der Waals surface area contributed by atoms with Gasteiger partial charge in [0, 0.05) is 13.2 Å². The highest BCUT2D eigenvalue weighted by molar-refractivity contribution is 5.81. The van der Waals surface area contributed by atoms with E-state index in [-0.39, 0.29) is 24.4 Å². The number of hydrogen-bond donors (Lipinski definition) is 2. The van der Waals surface area contributed by atoms with Crippen molar-refractivity contribution in [3.8, 4) is 0 Å². The van der Waals surface area contributed by atoms with Gasteiger partial charge < -0.3 is 15.8 Å². The van der Waals surface area contributed by atoms with Crippen molar-refractivity contribution in [1.29, 1.82) is 0 Å². The molecule has 1 aromatic carbocycles. The summed E-state index contributed by atoms with van der Waals surface area (Å²) in [5, 5.41) is 2.79. The Balaban J connectivity index is 2.43. The maximum atomic E-state index is 12.7. The van der Waals surface area contributed by atoms with E-state index in [2.05, 4.69) is 5.32 Å². The molecule has 0 heterocycles. The van der Waals surface area contributed by atoms with Crippen LogP contribution in [0, 0.1) is 5.82 Å². The van der Waals surface area contributed by atoms with Gasteiger partial charge in [0.25, 0.3) is 0 Å². The SMILES string of the molecule is COCC(N)C(=O)NC(C)Cc1ccc(F)cc1. The van der Waals surface area contributed by atoms with Crippen molar-refractivity contribution in [2.75, 3.05) is 13.7 Å². The molecule has 0 aliphatic heterocycles. The Morgan fingerprint density at radius 1 is 1.44 bits per heavy atom. The predicted molar refractivity (Wildman–Crippen MR) is 67.6 cm³/mol. The fourth-order valence-corrected chi connectivity index (χ4v) is 1.63. The second kappa shape index (κ2) is 7.08. The van der Waals surface area contributed by atoms with Gasteiger partial charge in [-0.3, -0.25) is 4.79 Å². The summed E-state index contributed by atoms with van der Waals surface area (Å²) in [6.07, 6.45) is 0.631. The molecule has 1 aromatic rings. The highest BCUT2D eigenvalue weighted by atomic mass is 19.1. The Bertz CT molecular complexity index is 381. The van der Waals surface area contributed by atoms with Crippen molar-refractivity contribution >= 4 is 5.91 Å². The zero-order valence-electron chi connectivity index (χ0n) is 10.7. The number of nitrogens with one attached hydrogen (secondary N) is 1. The third-order valence-corrected chi connectivity index (χ3v) is 2.53. The third-order valence-electron chi connectivity index (χ3n) is 2.53. The number of carbonyl (C=O) groups is 1. The Labute approximate surface area is 106 Å². The Hall–Kier alpha value is -1.46. The summed E-state index contributed by atoms with van der Waals surface area (Å²) in [6, 6.07) is 5.48. The Morgan fingerprint density at radius 3 is 2.61 bits per heavy atom. The van der Waals surface area contributed by atoms with Gasteiger partial charge in [-0.25, -0.2) is 4.39 Å². The van der Waals surface area contributed by atoms with Crippen LogP contribution in [0.15, 0.2) is 24.3 Å². The van der Waals surface area contributed by atoms with E-state index in [1.54, 1.807) is 12.1 Å². The van der Waals surface area contributed by atoms with Crippen molar-refractivity contribution < 1.29 is 13.9 Å². The van der Waals surface area contributed by atoms with Crippen LogP contribution in [0.3, 0.4) is 0 Å². The van der Waals surface area contributed by atoms with E-state index in [0.29, 0.717) is 6.42 Å². The Morgan fingerprint density at radius 2 is 2.06 bits per heavy atom. The maximum absolute atomic E-state index is 12.7. The first-order valence-corrected chi connectivity index (χ1v) is 5.82. The smallest absolute Gasteiger partial charge is 0.239 e. The normalized spacial score (nSPS) is 14.0. The number of methoxy groups -OCH3 is 1. The van der Waals surface area contributed by atoms with Crippen molar-refractivity contribution in [2.24, 2.45) is 5.73 Å². The first-order chi connectivity index (χ1) is 8.52. The summed E-state index contributed by atoms with van der Waals surface area (Å²) in [6.45, 7) is 2.07. The monoisotopic (exact) mass is 254 g/mol. The third kappa shape index (κ3) is 4.81. The first kappa shape index (κ1) is 14.6. The van der Waals surface area contributed by atoms with Gasteiger partial charge in [0.05, 0.1) is 6.61 Å². The molecule has 1 amide bonds. The number of rotatable bonds is 6. The average Bonchev–Trinajstić information content (AvgIpc) is 2.32. The molecular weight excluding hydrogens is 235 g/mol. The van der Waals surface area contributed by atoms with Crippen molar-refractivity contribution in [3.05, 3.63) is 35.6 Å². The summed E-state index contributed by atoms with van der Waals surface area (Å²) in [5.41, 5.74) is 6.57. The fraction of sp³-hybridized carbons (Fsp3) is 0.462. The van der Waals surface area contributed by atoms with E-state index in [4.69, 9.17) is 10.5 Å². The number of halogens is 1. The number of hydrogen-bond acceptors (Lipinski definition) is 3. The van der Waals surface area contributed by atoms with E-state index >= 15 is 0 Å². The van der Waals surface area contributed by atoms with Crippen LogP contribution in [-0.2, 0) is 16.0 Å². The molecule has 18 heavy (non-hydrogen) atoms. The number of ether oxygens (including phenoxy) is 1. The molecule has 0 fully saturated rings. The maximum Gasteiger partial charge on any atom is 0.239 e. The van der Waals surface area contributed by atoms with E-state index in [0.717, 1.165) is 5.56 Å². The Kier molecular flexibility index (Phi) is 5.74. The summed E-state index contributed by atoms with van der Waals surface area (Å²) in [5.74, 6) is -0.510. The highest BCUT2D eigenvalue weighted by Gasteiger charge is 2.15. The van der Waals surface area contributed by atoms with Crippen LogP contribution in [0.2, 0.25) is 0 Å². The summed E-state index contributed by atoms with van der Waals surface area (Å²) >= 11 is 0. The lowest BCUT2D eigenvalue weighted by Crippen LogP contribution is -2.47. The lowest BCUT2D eigenvalue weighted by Gasteiger charge is -2.17. The second-order valence-corrected chi connectivity index (χ2v) is 4.30. The lowest BCUT2D eigenvalue weighted by atomic mass is 10.1. The van der Waals surface area contributed by atoms with Crippen LogP contribution in [0.4, 0.5) is 4.39 Å². The minimum atomic E-state index is -0.661. The van der Waals surface area contributed by atoms with Crippen molar-refractivity contribution in [2.45, 2.75) is 25.4 Å². The van der Waals surface area contributed by atoms with Gasteiger partial charge in [-0.1, -0.05) is 12.1 Å². The van der Waals surface area contributed by atoms with Gasteiger partial charge in [-0.05, 0) is 31.0 Å². The van der Waals surface area contributed by atoms with Crippen LogP contribution in [0.5, 0.6) is 0 Å². The molecule has 0 saturated carbocycles. The molecule has 0 aromatic heterocycles. The average molecular weight is 254 g/mol. The van der Waals surface area contributed by atoms with Crippen LogP contribution in [0.1, 0.15) is 12.5 Å². The molecule has 0 bridgehead atoms. The molecule has 2 unspecified atom stereocenters. The number of nitrogens with two attached hydrogens (primary N) is 1. The van der Waals surface area contributed by atoms with E-state index < -0.39 is 6.04 Å². The van der Waals surface area contributed by atoms with E-state index in [1.807, 2.05) is 6.92 Å². The summed E-state index contributed by atoms with van der Waals surface area (Å²) in [7, 11) is 1.50. The van der Waals surface area contributed by atoms with Crippen LogP contribution >= 0.6 is 0 Å². The molecule has 0 spiro atoms. The predicted octanol–water partition coefficient (Wildman–Crippen LogP) is 0.847. The van der Waals surface area contributed by atoms with Crippen molar-refractivity contribution in [1.82, 2.24) is 5.32 Å². The molecule has 2 atom stereocenters. The summed E-state index contributed by atoms with van der Waals surface area (Å²) < 4.78 is 17.5. The first-order valence-electron chi connectivity index (χ1n) is 5.82. The quantitative estimate of drug-likeness (QED) is 0.791. The number of amides is 1. The van der Waals surface area contributed by atoms with Gasteiger partial charge in [-0.15, -0.1) is 0 Å². The fourth-order valence-electron chi connectivity index (χ4n) is 1.63. The van der Waals surface area contributed by atoms with Gasteiger partial charge in [-0.2, -0.15) is 0 Å². The standard InChI is InChI=1S/C13H19FN2O2/c1-9(16-13(17)12(15)8-18-2)7-10-3-5-11(14)6-4-10/h3-6,9,12H,7-8,15H2,1-2H3,(H,16,17). The molecular formula is C13H19FN2O2. The zero-order chi connectivity index (χ0) is 13.5. The second-order valence-electron chi connectivity index (χ2n) is 4.30. The molecule has 3 N–H and O–H groups in total. The molecule has 0 aliphatic carbocycles. The topological polar surface area (TPSA) is 64.3 Å². The highest BCUT2D eigenvalue weighted by Crippen LogP contribution is 2.05. The van der Waals surface area contributed by atoms with Gasteiger partial charge in [0.2, 0.25) is 5.91 Å². The lowest BCUT2D eigenvalue weighted by molar-refractivity contribution is -0.124. The molecule has 0 saturated heterocycles. The largest absolute Gasteiger partial charge is 0.383 e. The van der Waals surface area contributed by atoms with Gasteiger partial charge in [0.15, 0.2) is 0 Å². The number of carbonyl (C=O) groups excluding carboxylic acids is 1. The number of benzene rings is 1. The molecule has 0 aliphatic rings. The molecule has 4 nitrogen and oxygen atoms in total. The van der Waals surface area contributed by atoms with Crippen LogP contribution in [-0.4, -0.2) is 31.7 Å². The van der Waals surface area contributed by atoms with Gasteiger partial charge >= 0.3 is 0 Å².